The molecule has 1 heterocycles. The molecule has 2 aromatic rings. The fourth-order valence-corrected chi connectivity index (χ4v) is 4.84. The number of carboxylic acids is 1. The molecule has 3 atom stereocenters. The maximum Gasteiger partial charge on any atom is 0.407 e. The summed E-state index contributed by atoms with van der Waals surface area (Å²) in [5.41, 5.74) is 4.27. The number of benzene rings is 2. The molecule has 4 rings (SSSR count). The van der Waals surface area contributed by atoms with Crippen LogP contribution in [0.1, 0.15) is 36.3 Å². The Morgan fingerprint density at radius 2 is 1.68 bits per heavy atom. The van der Waals surface area contributed by atoms with Crippen LogP contribution in [0.2, 0.25) is 0 Å². The van der Waals surface area contributed by atoms with Gasteiger partial charge < -0.3 is 30.3 Å². The molecule has 3 unspecified atom stereocenters. The molecular formula is C25H28N2O7. The Labute approximate surface area is 197 Å². The van der Waals surface area contributed by atoms with Crippen LogP contribution < -0.4 is 5.32 Å². The van der Waals surface area contributed by atoms with E-state index in [2.05, 4.69) is 5.32 Å². The molecule has 9 heteroatoms. The molecule has 180 valence electrons. The van der Waals surface area contributed by atoms with Crippen molar-refractivity contribution in [3.8, 4) is 11.1 Å². The van der Waals surface area contributed by atoms with E-state index in [-0.39, 0.29) is 44.9 Å². The Morgan fingerprint density at radius 3 is 2.26 bits per heavy atom. The van der Waals surface area contributed by atoms with Crippen molar-refractivity contribution in [1.29, 1.82) is 0 Å². The Balaban J connectivity index is 1.44. The molecule has 4 N–H and O–H groups in total. The second-order valence-electron chi connectivity index (χ2n) is 8.67. The summed E-state index contributed by atoms with van der Waals surface area (Å²) >= 11 is 0. The van der Waals surface area contributed by atoms with Crippen molar-refractivity contribution in [2.45, 2.75) is 43.4 Å². The van der Waals surface area contributed by atoms with Gasteiger partial charge in [0.1, 0.15) is 12.6 Å². The molecule has 34 heavy (non-hydrogen) atoms. The third-order valence-corrected chi connectivity index (χ3v) is 6.47. The standard InChI is InChI=1S/C25H28N2O7/c28-13-15-11-16(29)12-27(15)24(32)22(9-10-23(30)31)26-25(33)34-14-21-19-7-3-1-5-17(19)18-6-2-4-8-20(18)21/h1-8,15-16,21-22,28-29H,9-14H2,(H,26,33)(H,30,31). The summed E-state index contributed by atoms with van der Waals surface area (Å²) in [6, 6.07) is 14.1. The van der Waals surface area contributed by atoms with Crippen LogP contribution in [0, 0.1) is 0 Å². The third-order valence-electron chi connectivity index (χ3n) is 6.47. The SMILES string of the molecule is O=C(O)CCC(NC(=O)OCC1c2ccccc2-c2ccccc21)C(=O)N1CC(O)CC1CO. The smallest absolute Gasteiger partial charge is 0.407 e. The second-order valence-corrected chi connectivity index (χ2v) is 8.67. The van der Waals surface area contributed by atoms with Crippen LogP contribution in [0.5, 0.6) is 0 Å². The lowest BCUT2D eigenvalue weighted by Gasteiger charge is -2.28. The van der Waals surface area contributed by atoms with Crippen molar-refractivity contribution in [1.82, 2.24) is 10.2 Å². The van der Waals surface area contributed by atoms with E-state index in [9.17, 15) is 24.6 Å². The van der Waals surface area contributed by atoms with Gasteiger partial charge in [-0.15, -0.1) is 0 Å². The molecule has 1 saturated heterocycles. The van der Waals surface area contributed by atoms with E-state index in [0.717, 1.165) is 22.3 Å². The molecule has 2 aliphatic rings. The lowest BCUT2D eigenvalue weighted by Crippen LogP contribution is -2.51. The number of alkyl carbamates (subject to hydrolysis) is 1. The number of carboxylic acid groups (broad SMARTS) is 1. The van der Waals surface area contributed by atoms with E-state index in [1.54, 1.807) is 0 Å². The van der Waals surface area contributed by atoms with Gasteiger partial charge in [-0.2, -0.15) is 0 Å². The van der Waals surface area contributed by atoms with Crippen LogP contribution in [-0.2, 0) is 14.3 Å². The topological polar surface area (TPSA) is 136 Å². The van der Waals surface area contributed by atoms with Crippen molar-refractivity contribution >= 4 is 18.0 Å². The van der Waals surface area contributed by atoms with Crippen LogP contribution in [0.3, 0.4) is 0 Å². The Hall–Kier alpha value is -3.43. The van der Waals surface area contributed by atoms with Gasteiger partial charge in [-0.25, -0.2) is 4.79 Å². The average molecular weight is 469 g/mol. The highest BCUT2D eigenvalue weighted by Crippen LogP contribution is 2.44. The van der Waals surface area contributed by atoms with Crippen LogP contribution in [0.4, 0.5) is 4.79 Å². The Kier molecular flexibility index (Phi) is 7.14. The molecule has 0 spiro atoms. The number of carbonyl (C=O) groups is 3. The minimum atomic E-state index is -1.15. The highest BCUT2D eigenvalue weighted by Gasteiger charge is 2.38. The summed E-state index contributed by atoms with van der Waals surface area (Å²) in [6.45, 7) is -0.263. The monoisotopic (exact) mass is 468 g/mol. The molecule has 1 aliphatic carbocycles. The number of amides is 2. The minimum Gasteiger partial charge on any atom is -0.481 e. The van der Waals surface area contributed by atoms with Gasteiger partial charge in [0.15, 0.2) is 0 Å². The fourth-order valence-electron chi connectivity index (χ4n) is 4.84. The summed E-state index contributed by atoms with van der Waals surface area (Å²) in [5, 5.41) is 31.0. The highest BCUT2D eigenvalue weighted by atomic mass is 16.5. The molecule has 0 aromatic heterocycles. The van der Waals surface area contributed by atoms with Crippen LogP contribution in [0.15, 0.2) is 48.5 Å². The van der Waals surface area contributed by atoms with Gasteiger partial charge in [0.2, 0.25) is 5.91 Å². The predicted octanol–water partition coefficient (Wildman–Crippen LogP) is 1.71. The van der Waals surface area contributed by atoms with E-state index >= 15 is 0 Å². The first-order valence-corrected chi connectivity index (χ1v) is 11.3. The number of nitrogens with zero attached hydrogens (tertiary/aromatic N) is 1. The van der Waals surface area contributed by atoms with Gasteiger partial charge in [-0.1, -0.05) is 48.5 Å². The number of nitrogens with one attached hydrogen (secondary N) is 1. The lowest BCUT2D eigenvalue weighted by atomic mass is 9.98. The first kappa shape index (κ1) is 23.7. The maximum atomic E-state index is 13.0. The zero-order valence-electron chi connectivity index (χ0n) is 18.6. The van der Waals surface area contributed by atoms with Crippen LogP contribution in [0.25, 0.3) is 11.1 Å². The quantitative estimate of drug-likeness (QED) is 0.463. The van der Waals surface area contributed by atoms with Crippen molar-refractivity contribution in [2.75, 3.05) is 19.8 Å². The van der Waals surface area contributed by atoms with Crippen molar-refractivity contribution in [3.63, 3.8) is 0 Å². The normalized spacial score (nSPS) is 19.9. The molecule has 0 radical (unpaired) electrons. The maximum absolute atomic E-state index is 13.0. The molecule has 1 fully saturated rings. The van der Waals surface area contributed by atoms with Gasteiger partial charge in [-0.3, -0.25) is 9.59 Å². The number of aliphatic hydroxyl groups excluding tert-OH is 2. The zero-order chi connectivity index (χ0) is 24.2. The fraction of sp³-hybridized carbons (Fsp3) is 0.400. The summed E-state index contributed by atoms with van der Waals surface area (Å²) in [5.74, 6) is -1.81. The molecule has 2 amide bonds. The largest absolute Gasteiger partial charge is 0.481 e. The summed E-state index contributed by atoms with van der Waals surface area (Å²) in [7, 11) is 0. The number of hydrogen-bond donors (Lipinski definition) is 4. The predicted molar refractivity (Wildman–Crippen MR) is 122 cm³/mol. The molecule has 0 bridgehead atoms. The van der Waals surface area contributed by atoms with Crippen molar-refractivity contribution in [2.24, 2.45) is 0 Å². The van der Waals surface area contributed by atoms with Gasteiger partial charge in [-0.05, 0) is 35.1 Å². The van der Waals surface area contributed by atoms with Crippen LogP contribution >= 0.6 is 0 Å². The third kappa shape index (κ3) is 4.90. The summed E-state index contributed by atoms with van der Waals surface area (Å²) in [6.07, 6.45) is -1.86. The first-order valence-electron chi connectivity index (χ1n) is 11.3. The summed E-state index contributed by atoms with van der Waals surface area (Å²) in [4.78, 5) is 38.1. The van der Waals surface area contributed by atoms with E-state index in [1.807, 2.05) is 48.5 Å². The van der Waals surface area contributed by atoms with Gasteiger partial charge in [0.25, 0.3) is 0 Å². The lowest BCUT2D eigenvalue weighted by molar-refractivity contribution is -0.138. The average Bonchev–Trinajstić information content (AvgIpc) is 3.37. The molecule has 2 aromatic carbocycles. The van der Waals surface area contributed by atoms with E-state index in [1.165, 1.54) is 4.90 Å². The molecular weight excluding hydrogens is 440 g/mol. The van der Waals surface area contributed by atoms with Gasteiger partial charge in [0, 0.05) is 18.9 Å². The summed E-state index contributed by atoms with van der Waals surface area (Å²) < 4.78 is 5.50. The Bertz CT molecular complexity index is 1030. The molecule has 0 saturated carbocycles. The number of likely N-dealkylation sites (tertiary alicyclic amines) is 1. The number of aliphatic carboxylic acids is 1. The first-order chi connectivity index (χ1) is 16.4. The van der Waals surface area contributed by atoms with Gasteiger partial charge in [0.05, 0.1) is 18.8 Å². The van der Waals surface area contributed by atoms with E-state index < -0.39 is 36.2 Å². The number of ether oxygens (including phenoxy) is 1. The van der Waals surface area contributed by atoms with Crippen LogP contribution in [-0.4, -0.2) is 76.1 Å². The van der Waals surface area contributed by atoms with E-state index in [4.69, 9.17) is 9.84 Å². The molecule has 1 aliphatic heterocycles. The zero-order valence-corrected chi connectivity index (χ0v) is 18.6. The van der Waals surface area contributed by atoms with Crippen molar-refractivity contribution in [3.05, 3.63) is 59.7 Å². The number of rotatable bonds is 8. The number of carbonyl (C=O) groups excluding carboxylic acids is 2. The number of aliphatic hydroxyl groups is 2. The van der Waals surface area contributed by atoms with Gasteiger partial charge >= 0.3 is 12.1 Å². The van der Waals surface area contributed by atoms with Crippen molar-refractivity contribution < 1.29 is 34.4 Å². The Morgan fingerprint density at radius 1 is 1.06 bits per heavy atom. The minimum absolute atomic E-state index is 0.0139. The number of hydrogen-bond acceptors (Lipinski definition) is 6. The number of β-amino-alcohol motifs (C(OH)–C–C–N with tert-alkyl or cyclic N) is 1. The number of fused-ring (bicyclic) bond motifs is 3. The molecule has 9 nitrogen and oxygen atoms in total. The second kappa shape index (κ2) is 10.2. The van der Waals surface area contributed by atoms with E-state index in [0.29, 0.717) is 0 Å². The highest BCUT2D eigenvalue weighted by molar-refractivity contribution is 5.87.